The van der Waals surface area contributed by atoms with E-state index < -0.39 is 0 Å². The highest BCUT2D eigenvalue weighted by Crippen LogP contribution is 2.38. The maximum Gasteiger partial charge on any atom is 0.217 e. The standard InChI is InChI=1S/C13H15NO4/c1-8(15)14-10-4-9-5-12-13(17-3-2-16-12)6-11(9)18-7-10/h5-6,10H,2-4,7H2,1H3,(H,14,15). The SMILES string of the molecule is CC(=O)NC1COc2cc3c(cc2C1)OCCO3. The fraction of sp³-hybridized carbons (Fsp3) is 0.462. The predicted molar refractivity (Wildman–Crippen MR) is 64.2 cm³/mol. The van der Waals surface area contributed by atoms with E-state index in [1.165, 1.54) is 6.92 Å². The highest BCUT2D eigenvalue weighted by atomic mass is 16.6. The van der Waals surface area contributed by atoms with Crippen molar-refractivity contribution in [1.29, 1.82) is 0 Å². The summed E-state index contributed by atoms with van der Waals surface area (Å²) in [4.78, 5) is 11.0. The molecule has 2 aliphatic rings. The van der Waals surface area contributed by atoms with Crippen LogP contribution in [0.5, 0.6) is 17.2 Å². The van der Waals surface area contributed by atoms with Gasteiger partial charge in [-0.1, -0.05) is 0 Å². The summed E-state index contributed by atoms with van der Waals surface area (Å²) in [6, 6.07) is 3.84. The molecule has 96 valence electrons. The topological polar surface area (TPSA) is 56.8 Å². The summed E-state index contributed by atoms with van der Waals surface area (Å²) in [6.45, 7) is 3.15. The molecule has 0 spiro atoms. The van der Waals surface area contributed by atoms with Crippen LogP contribution in [0.15, 0.2) is 12.1 Å². The average Bonchev–Trinajstić information content (AvgIpc) is 2.35. The van der Waals surface area contributed by atoms with Gasteiger partial charge in [0.15, 0.2) is 11.5 Å². The van der Waals surface area contributed by atoms with E-state index in [0.29, 0.717) is 19.8 Å². The minimum atomic E-state index is -0.0374. The first-order chi connectivity index (χ1) is 8.72. The zero-order valence-corrected chi connectivity index (χ0v) is 10.2. The maximum atomic E-state index is 11.0. The van der Waals surface area contributed by atoms with Gasteiger partial charge < -0.3 is 19.5 Å². The van der Waals surface area contributed by atoms with Crippen LogP contribution in [0, 0.1) is 0 Å². The lowest BCUT2D eigenvalue weighted by molar-refractivity contribution is -0.119. The Morgan fingerprint density at radius 3 is 2.61 bits per heavy atom. The third-order valence-corrected chi connectivity index (χ3v) is 3.04. The Morgan fingerprint density at radius 1 is 1.17 bits per heavy atom. The van der Waals surface area contributed by atoms with Crippen LogP contribution in [0.25, 0.3) is 0 Å². The molecule has 18 heavy (non-hydrogen) atoms. The van der Waals surface area contributed by atoms with Gasteiger partial charge in [0.1, 0.15) is 25.6 Å². The summed E-state index contributed by atoms with van der Waals surface area (Å²) in [7, 11) is 0. The molecule has 0 aromatic heterocycles. The molecule has 0 saturated carbocycles. The van der Waals surface area contributed by atoms with E-state index in [9.17, 15) is 4.79 Å². The third-order valence-electron chi connectivity index (χ3n) is 3.04. The molecule has 1 amide bonds. The van der Waals surface area contributed by atoms with E-state index >= 15 is 0 Å². The molecule has 0 saturated heterocycles. The second-order valence-corrected chi connectivity index (χ2v) is 4.52. The van der Waals surface area contributed by atoms with Gasteiger partial charge >= 0.3 is 0 Å². The molecule has 0 aliphatic carbocycles. The summed E-state index contributed by atoms with van der Waals surface area (Å²) in [5, 5.41) is 2.87. The predicted octanol–water partition coefficient (Wildman–Crippen LogP) is 0.897. The maximum absolute atomic E-state index is 11.0. The van der Waals surface area contributed by atoms with E-state index in [4.69, 9.17) is 14.2 Å². The van der Waals surface area contributed by atoms with Crippen LogP contribution in [-0.4, -0.2) is 31.8 Å². The lowest BCUT2D eigenvalue weighted by Gasteiger charge is -2.28. The van der Waals surface area contributed by atoms with Gasteiger partial charge in [0.05, 0.1) is 6.04 Å². The minimum Gasteiger partial charge on any atom is -0.491 e. The quantitative estimate of drug-likeness (QED) is 0.803. The molecule has 0 radical (unpaired) electrons. The number of amides is 1. The van der Waals surface area contributed by atoms with E-state index in [-0.39, 0.29) is 11.9 Å². The molecule has 1 aromatic carbocycles. The average molecular weight is 249 g/mol. The number of ether oxygens (including phenoxy) is 3. The number of hydrogen-bond acceptors (Lipinski definition) is 4. The zero-order chi connectivity index (χ0) is 12.5. The zero-order valence-electron chi connectivity index (χ0n) is 10.2. The summed E-state index contributed by atoms with van der Waals surface area (Å²) >= 11 is 0. The van der Waals surface area contributed by atoms with Crippen LogP contribution in [0.2, 0.25) is 0 Å². The van der Waals surface area contributed by atoms with Gasteiger partial charge in [-0.15, -0.1) is 0 Å². The Hall–Kier alpha value is -1.91. The van der Waals surface area contributed by atoms with Gasteiger partial charge in [-0.3, -0.25) is 4.79 Å². The molecule has 3 rings (SSSR count). The summed E-state index contributed by atoms with van der Waals surface area (Å²) in [5.74, 6) is 2.27. The van der Waals surface area contributed by atoms with Crippen molar-refractivity contribution in [3.63, 3.8) is 0 Å². The van der Waals surface area contributed by atoms with E-state index in [2.05, 4.69) is 5.32 Å². The van der Waals surface area contributed by atoms with Gasteiger partial charge in [0.2, 0.25) is 5.91 Å². The number of nitrogens with one attached hydrogen (secondary N) is 1. The highest BCUT2D eigenvalue weighted by molar-refractivity contribution is 5.73. The van der Waals surface area contributed by atoms with Crippen molar-refractivity contribution in [2.24, 2.45) is 0 Å². The number of carbonyl (C=O) groups is 1. The van der Waals surface area contributed by atoms with Crippen molar-refractivity contribution in [1.82, 2.24) is 5.32 Å². The fourth-order valence-corrected chi connectivity index (χ4v) is 2.30. The molecular weight excluding hydrogens is 234 g/mol. The first-order valence-electron chi connectivity index (χ1n) is 6.05. The Morgan fingerprint density at radius 2 is 1.89 bits per heavy atom. The fourth-order valence-electron chi connectivity index (χ4n) is 2.30. The monoisotopic (exact) mass is 249 g/mol. The van der Waals surface area contributed by atoms with Crippen molar-refractivity contribution in [2.45, 2.75) is 19.4 Å². The second-order valence-electron chi connectivity index (χ2n) is 4.52. The summed E-state index contributed by atoms with van der Waals surface area (Å²) < 4.78 is 16.7. The number of rotatable bonds is 1. The molecule has 1 aromatic rings. The van der Waals surface area contributed by atoms with Crippen molar-refractivity contribution < 1.29 is 19.0 Å². The number of benzene rings is 1. The molecule has 5 nitrogen and oxygen atoms in total. The van der Waals surface area contributed by atoms with E-state index in [0.717, 1.165) is 29.2 Å². The summed E-state index contributed by atoms with van der Waals surface area (Å²) in [6.07, 6.45) is 0.756. The van der Waals surface area contributed by atoms with Gasteiger partial charge in [0.25, 0.3) is 0 Å². The van der Waals surface area contributed by atoms with Crippen LogP contribution in [-0.2, 0) is 11.2 Å². The normalized spacial score (nSPS) is 20.6. The second kappa shape index (κ2) is 4.40. The van der Waals surface area contributed by atoms with Crippen molar-refractivity contribution in [2.75, 3.05) is 19.8 Å². The highest BCUT2D eigenvalue weighted by Gasteiger charge is 2.24. The molecule has 2 aliphatic heterocycles. The van der Waals surface area contributed by atoms with Crippen molar-refractivity contribution >= 4 is 5.91 Å². The molecule has 0 bridgehead atoms. The molecule has 1 atom stereocenters. The molecule has 2 heterocycles. The van der Waals surface area contributed by atoms with Crippen LogP contribution in [0.3, 0.4) is 0 Å². The van der Waals surface area contributed by atoms with E-state index in [1.807, 2.05) is 12.1 Å². The smallest absolute Gasteiger partial charge is 0.217 e. The first-order valence-corrected chi connectivity index (χ1v) is 6.05. The first kappa shape index (κ1) is 11.2. The Labute approximate surface area is 105 Å². The summed E-state index contributed by atoms with van der Waals surface area (Å²) in [5.41, 5.74) is 1.05. The Balaban J connectivity index is 1.84. The number of carbonyl (C=O) groups excluding carboxylic acids is 1. The van der Waals surface area contributed by atoms with Gasteiger partial charge in [-0.25, -0.2) is 0 Å². The lowest BCUT2D eigenvalue weighted by Crippen LogP contribution is -2.41. The van der Waals surface area contributed by atoms with Crippen LogP contribution in [0.1, 0.15) is 12.5 Å². The Kier molecular flexibility index (Phi) is 2.74. The van der Waals surface area contributed by atoms with Crippen molar-refractivity contribution in [3.8, 4) is 17.2 Å². The molecular formula is C13H15NO4. The largest absolute Gasteiger partial charge is 0.491 e. The van der Waals surface area contributed by atoms with Crippen molar-refractivity contribution in [3.05, 3.63) is 17.7 Å². The molecule has 1 N–H and O–H groups in total. The van der Waals surface area contributed by atoms with E-state index in [1.54, 1.807) is 0 Å². The number of fused-ring (bicyclic) bond motifs is 2. The van der Waals surface area contributed by atoms with Crippen LogP contribution >= 0.6 is 0 Å². The van der Waals surface area contributed by atoms with Crippen LogP contribution in [0.4, 0.5) is 0 Å². The Bertz CT molecular complexity index is 486. The molecule has 1 unspecified atom stereocenters. The van der Waals surface area contributed by atoms with Gasteiger partial charge in [-0.2, -0.15) is 0 Å². The van der Waals surface area contributed by atoms with Gasteiger partial charge in [0, 0.05) is 18.6 Å². The van der Waals surface area contributed by atoms with Crippen LogP contribution < -0.4 is 19.5 Å². The third kappa shape index (κ3) is 2.08. The lowest BCUT2D eigenvalue weighted by atomic mass is 10.0. The molecule has 0 fully saturated rings. The molecule has 5 heteroatoms. The number of hydrogen-bond donors (Lipinski definition) is 1. The van der Waals surface area contributed by atoms with Gasteiger partial charge in [-0.05, 0) is 12.5 Å². The minimum absolute atomic E-state index is 0.0255.